The molecule has 1 aromatic rings. The van der Waals surface area contributed by atoms with Gasteiger partial charge in [-0.25, -0.2) is 4.98 Å². The number of piperazine rings is 1. The number of rotatable bonds is 2. The van der Waals surface area contributed by atoms with Crippen molar-refractivity contribution in [2.24, 2.45) is 0 Å². The van der Waals surface area contributed by atoms with Gasteiger partial charge in [0.05, 0.1) is 10.6 Å². The summed E-state index contributed by atoms with van der Waals surface area (Å²) in [5.41, 5.74) is 0.509. The topological polar surface area (TPSA) is 55.2 Å². The van der Waals surface area contributed by atoms with Crippen LogP contribution in [0.1, 0.15) is 12.0 Å². The molecule has 0 radical (unpaired) electrons. The van der Waals surface area contributed by atoms with Crippen molar-refractivity contribution < 1.29 is 0 Å². The molecule has 1 unspecified atom stereocenters. The summed E-state index contributed by atoms with van der Waals surface area (Å²) < 4.78 is 0. The lowest BCUT2D eigenvalue weighted by atomic mass is 10.2. The number of anilines is 1. The van der Waals surface area contributed by atoms with Gasteiger partial charge in [0.1, 0.15) is 11.9 Å². The van der Waals surface area contributed by atoms with Gasteiger partial charge >= 0.3 is 0 Å². The van der Waals surface area contributed by atoms with Gasteiger partial charge in [-0.15, -0.1) is 0 Å². The van der Waals surface area contributed by atoms with E-state index in [-0.39, 0.29) is 0 Å². The average molecular weight is 292 g/mol. The number of halogens is 1. The summed E-state index contributed by atoms with van der Waals surface area (Å²) in [4.78, 5) is 9.10. The molecule has 20 heavy (non-hydrogen) atoms. The van der Waals surface area contributed by atoms with Crippen LogP contribution in [0.3, 0.4) is 0 Å². The lowest BCUT2D eigenvalue weighted by Gasteiger charge is -2.38. The Hall–Kier alpha value is -1.35. The second kappa shape index (κ2) is 5.96. The van der Waals surface area contributed by atoms with Crippen LogP contribution >= 0.6 is 11.6 Å². The van der Waals surface area contributed by atoms with Crippen molar-refractivity contribution in [3.05, 3.63) is 22.8 Å². The third-order valence-corrected chi connectivity index (χ3v) is 4.39. The maximum absolute atomic E-state index is 8.84. The standard InChI is InChI=1S/C14H18ClN5/c15-13-7-11(8-16)9-18-14(13)20-5-3-19(4-6-20)12-1-2-17-10-12/h7,9,12,17H,1-6,10H2. The number of aromatic nitrogens is 1. The molecule has 0 spiro atoms. The molecule has 2 aliphatic rings. The molecular weight excluding hydrogens is 274 g/mol. The first-order chi connectivity index (χ1) is 9.78. The highest BCUT2D eigenvalue weighted by atomic mass is 35.5. The minimum atomic E-state index is 0.509. The van der Waals surface area contributed by atoms with Gasteiger partial charge in [0.25, 0.3) is 0 Å². The highest BCUT2D eigenvalue weighted by Gasteiger charge is 2.27. The van der Waals surface area contributed by atoms with Gasteiger partial charge in [-0.3, -0.25) is 4.90 Å². The maximum Gasteiger partial charge on any atom is 0.147 e. The zero-order valence-electron chi connectivity index (χ0n) is 11.3. The number of nitriles is 1. The van der Waals surface area contributed by atoms with Crippen LogP contribution in [0.15, 0.2) is 12.3 Å². The maximum atomic E-state index is 8.84. The summed E-state index contributed by atoms with van der Waals surface area (Å²) in [6.45, 7) is 6.21. The molecule has 1 atom stereocenters. The molecular formula is C14H18ClN5. The van der Waals surface area contributed by atoms with Gasteiger partial charge < -0.3 is 10.2 Å². The normalized spacial score (nSPS) is 23.8. The monoisotopic (exact) mass is 291 g/mol. The van der Waals surface area contributed by atoms with Crippen molar-refractivity contribution >= 4 is 17.4 Å². The van der Waals surface area contributed by atoms with Gasteiger partial charge in [0.2, 0.25) is 0 Å². The molecule has 0 bridgehead atoms. The second-order valence-corrected chi connectivity index (χ2v) is 5.72. The Kier molecular flexibility index (Phi) is 4.06. The summed E-state index contributed by atoms with van der Waals surface area (Å²) in [7, 11) is 0. The third-order valence-electron chi connectivity index (χ3n) is 4.12. The van der Waals surface area contributed by atoms with E-state index in [1.165, 1.54) is 6.42 Å². The van der Waals surface area contributed by atoms with Crippen molar-refractivity contribution in [2.45, 2.75) is 12.5 Å². The zero-order chi connectivity index (χ0) is 13.9. The van der Waals surface area contributed by atoms with Gasteiger partial charge in [0.15, 0.2) is 0 Å². The van der Waals surface area contributed by atoms with Crippen LogP contribution < -0.4 is 10.2 Å². The van der Waals surface area contributed by atoms with Gasteiger partial charge in [-0.2, -0.15) is 5.26 Å². The summed E-state index contributed by atoms with van der Waals surface area (Å²) >= 11 is 6.23. The van der Waals surface area contributed by atoms with E-state index in [0.29, 0.717) is 16.6 Å². The molecule has 106 valence electrons. The third kappa shape index (κ3) is 2.73. The fourth-order valence-electron chi connectivity index (χ4n) is 2.97. The number of nitrogens with zero attached hydrogens (tertiary/aromatic N) is 4. The van der Waals surface area contributed by atoms with Crippen LogP contribution in [-0.2, 0) is 0 Å². The second-order valence-electron chi connectivity index (χ2n) is 5.31. The largest absolute Gasteiger partial charge is 0.353 e. The SMILES string of the molecule is N#Cc1cnc(N2CCN(C3CCNC3)CC2)c(Cl)c1. The minimum absolute atomic E-state index is 0.509. The Morgan fingerprint density at radius 3 is 2.75 bits per heavy atom. The van der Waals surface area contributed by atoms with Crippen LogP contribution in [0.5, 0.6) is 0 Å². The number of hydrogen-bond acceptors (Lipinski definition) is 5. The van der Waals surface area contributed by atoms with E-state index in [9.17, 15) is 0 Å². The van der Waals surface area contributed by atoms with E-state index in [0.717, 1.165) is 45.1 Å². The highest BCUT2D eigenvalue weighted by molar-refractivity contribution is 6.33. The number of hydrogen-bond donors (Lipinski definition) is 1. The van der Waals surface area contributed by atoms with Crippen molar-refractivity contribution in [1.82, 2.24) is 15.2 Å². The molecule has 0 aliphatic carbocycles. The Morgan fingerprint density at radius 2 is 2.15 bits per heavy atom. The Bertz CT molecular complexity index is 513. The van der Waals surface area contributed by atoms with E-state index >= 15 is 0 Å². The van der Waals surface area contributed by atoms with Gasteiger partial charge in [0, 0.05) is 45.0 Å². The summed E-state index contributed by atoms with van der Waals surface area (Å²) in [6, 6.07) is 4.44. The van der Waals surface area contributed by atoms with Gasteiger partial charge in [-0.1, -0.05) is 11.6 Å². The predicted molar refractivity (Wildman–Crippen MR) is 79.0 cm³/mol. The van der Waals surface area contributed by atoms with Crippen molar-refractivity contribution in [3.63, 3.8) is 0 Å². The molecule has 0 amide bonds. The van der Waals surface area contributed by atoms with Crippen LogP contribution in [0.2, 0.25) is 5.02 Å². The average Bonchev–Trinajstić information content (AvgIpc) is 3.01. The summed E-state index contributed by atoms with van der Waals surface area (Å²) in [6.07, 6.45) is 2.84. The number of nitrogens with one attached hydrogen (secondary N) is 1. The smallest absolute Gasteiger partial charge is 0.147 e. The van der Waals surface area contributed by atoms with Crippen LogP contribution in [-0.4, -0.2) is 55.2 Å². The summed E-state index contributed by atoms with van der Waals surface area (Å²) in [5, 5.41) is 12.8. The number of pyridine rings is 1. The van der Waals surface area contributed by atoms with Crippen LogP contribution in [0, 0.1) is 11.3 Å². The Morgan fingerprint density at radius 1 is 1.35 bits per heavy atom. The predicted octanol–water partition coefficient (Wildman–Crippen LogP) is 1.09. The van der Waals surface area contributed by atoms with E-state index in [1.807, 2.05) is 0 Å². The van der Waals surface area contributed by atoms with Gasteiger partial charge in [-0.05, 0) is 19.0 Å². The molecule has 2 saturated heterocycles. The molecule has 6 heteroatoms. The molecule has 0 aromatic carbocycles. The first kappa shape index (κ1) is 13.6. The van der Waals surface area contributed by atoms with Crippen molar-refractivity contribution in [1.29, 1.82) is 5.26 Å². The van der Waals surface area contributed by atoms with Crippen LogP contribution in [0.25, 0.3) is 0 Å². The molecule has 1 aromatic heterocycles. The molecule has 3 rings (SSSR count). The molecule has 5 nitrogen and oxygen atoms in total. The lowest BCUT2D eigenvalue weighted by Crippen LogP contribution is -2.51. The quantitative estimate of drug-likeness (QED) is 0.884. The Balaban J connectivity index is 1.64. The van der Waals surface area contributed by atoms with E-state index in [4.69, 9.17) is 16.9 Å². The fourth-order valence-corrected chi connectivity index (χ4v) is 3.26. The minimum Gasteiger partial charge on any atom is -0.353 e. The van der Waals surface area contributed by atoms with Crippen LogP contribution in [0.4, 0.5) is 5.82 Å². The molecule has 1 N–H and O–H groups in total. The Labute approximate surface area is 124 Å². The van der Waals surface area contributed by atoms with E-state index in [1.54, 1.807) is 12.3 Å². The highest BCUT2D eigenvalue weighted by Crippen LogP contribution is 2.25. The van der Waals surface area contributed by atoms with E-state index < -0.39 is 0 Å². The first-order valence-electron chi connectivity index (χ1n) is 7.03. The fraction of sp³-hybridized carbons (Fsp3) is 0.571. The summed E-state index contributed by atoms with van der Waals surface area (Å²) in [5.74, 6) is 0.801. The molecule has 0 saturated carbocycles. The van der Waals surface area contributed by atoms with Crippen molar-refractivity contribution in [2.75, 3.05) is 44.2 Å². The zero-order valence-corrected chi connectivity index (χ0v) is 12.1. The molecule has 2 fully saturated rings. The van der Waals surface area contributed by atoms with Crippen molar-refractivity contribution in [3.8, 4) is 6.07 Å². The van der Waals surface area contributed by atoms with E-state index in [2.05, 4.69) is 26.2 Å². The molecule has 3 heterocycles. The molecule has 2 aliphatic heterocycles. The first-order valence-corrected chi connectivity index (χ1v) is 7.41. The lowest BCUT2D eigenvalue weighted by molar-refractivity contribution is 0.196.